The fraction of sp³-hybridized carbons (Fsp3) is 0.667. The molecule has 0 heterocycles. The minimum absolute atomic E-state index is 0.719. The third-order valence-electron chi connectivity index (χ3n) is 4.96. The highest BCUT2D eigenvalue weighted by atomic mass is 14.3. The van der Waals surface area contributed by atoms with Crippen LogP contribution >= 0.6 is 0 Å². The number of benzene rings is 1. The summed E-state index contributed by atoms with van der Waals surface area (Å²) in [5.74, 6) is 3.30. The zero-order valence-corrected chi connectivity index (χ0v) is 12.4. The number of hydrogen-bond acceptors (Lipinski definition) is 0. The lowest BCUT2D eigenvalue weighted by atomic mass is 9.77. The van der Waals surface area contributed by atoms with E-state index in [1.165, 1.54) is 25.7 Å². The maximum absolute atomic E-state index is 2.44. The molecule has 0 nitrogen and oxygen atoms in total. The van der Waals surface area contributed by atoms with E-state index in [1.54, 1.807) is 11.1 Å². The lowest BCUT2D eigenvalue weighted by Gasteiger charge is -2.28. The molecule has 1 aromatic carbocycles. The van der Waals surface area contributed by atoms with E-state index in [2.05, 4.69) is 52.0 Å². The second-order valence-electron chi connectivity index (χ2n) is 6.67. The Morgan fingerprint density at radius 2 is 1.61 bits per heavy atom. The van der Waals surface area contributed by atoms with Gasteiger partial charge in [-0.2, -0.15) is 0 Å². The summed E-state index contributed by atoms with van der Waals surface area (Å²) in [5.41, 5.74) is 3.20. The molecular formula is C18H28. The largest absolute Gasteiger partial charge is 0.0625 e. The zero-order valence-electron chi connectivity index (χ0n) is 12.4. The van der Waals surface area contributed by atoms with E-state index in [-0.39, 0.29) is 0 Å². The topological polar surface area (TPSA) is 0 Å². The molecule has 0 amide bonds. The summed E-state index contributed by atoms with van der Waals surface area (Å²) in [6, 6.07) is 9.10. The Hall–Kier alpha value is -0.780. The Balaban J connectivity index is 2.26. The van der Waals surface area contributed by atoms with Crippen LogP contribution in [-0.4, -0.2) is 0 Å². The molecule has 100 valence electrons. The van der Waals surface area contributed by atoms with Crippen molar-refractivity contribution in [1.82, 2.24) is 0 Å². The molecule has 0 aromatic heterocycles. The summed E-state index contributed by atoms with van der Waals surface area (Å²) in [5, 5.41) is 0. The van der Waals surface area contributed by atoms with E-state index in [9.17, 15) is 0 Å². The summed E-state index contributed by atoms with van der Waals surface area (Å²) in [4.78, 5) is 0. The molecule has 0 radical (unpaired) electrons. The van der Waals surface area contributed by atoms with E-state index in [1.807, 2.05) is 0 Å². The number of aryl methyl sites for hydroxylation is 1. The van der Waals surface area contributed by atoms with Crippen LogP contribution < -0.4 is 0 Å². The quantitative estimate of drug-likeness (QED) is 0.571. The predicted octanol–water partition coefficient (Wildman–Crippen LogP) is 5.42. The SMILES string of the molecule is CC1CC(C)c2ccccc2CCC(C)C(C)C1. The molecule has 0 spiro atoms. The Morgan fingerprint density at radius 1 is 0.889 bits per heavy atom. The van der Waals surface area contributed by atoms with Crippen molar-refractivity contribution in [2.45, 2.75) is 59.3 Å². The smallest absolute Gasteiger partial charge is 0.0185 e. The third-order valence-corrected chi connectivity index (χ3v) is 4.96. The van der Waals surface area contributed by atoms with Crippen LogP contribution in [0.5, 0.6) is 0 Å². The maximum atomic E-state index is 2.44. The molecule has 0 bridgehead atoms. The van der Waals surface area contributed by atoms with Gasteiger partial charge in [0.15, 0.2) is 0 Å². The molecule has 1 aromatic rings. The molecule has 2 rings (SSSR count). The van der Waals surface area contributed by atoms with Crippen molar-refractivity contribution < 1.29 is 0 Å². The molecule has 4 atom stereocenters. The van der Waals surface area contributed by atoms with Crippen LogP contribution in [0.15, 0.2) is 24.3 Å². The van der Waals surface area contributed by atoms with Crippen molar-refractivity contribution in [3.8, 4) is 0 Å². The first-order chi connectivity index (χ1) is 8.58. The van der Waals surface area contributed by atoms with Gasteiger partial charge in [-0.3, -0.25) is 0 Å². The van der Waals surface area contributed by atoms with Crippen molar-refractivity contribution >= 4 is 0 Å². The normalized spacial score (nSPS) is 33.8. The molecule has 0 saturated carbocycles. The second kappa shape index (κ2) is 5.91. The van der Waals surface area contributed by atoms with Crippen molar-refractivity contribution in [2.75, 3.05) is 0 Å². The summed E-state index contributed by atoms with van der Waals surface area (Å²) in [6.45, 7) is 9.72. The first-order valence-corrected chi connectivity index (χ1v) is 7.65. The highest BCUT2D eigenvalue weighted by Crippen LogP contribution is 2.34. The molecule has 0 fully saturated rings. The first-order valence-electron chi connectivity index (χ1n) is 7.65. The van der Waals surface area contributed by atoms with Crippen LogP contribution in [0, 0.1) is 17.8 Å². The third kappa shape index (κ3) is 3.16. The zero-order chi connectivity index (χ0) is 13.1. The van der Waals surface area contributed by atoms with Gasteiger partial charge < -0.3 is 0 Å². The minimum atomic E-state index is 0.719. The molecule has 0 N–H and O–H groups in total. The Bertz CT molecular complexity index is 379. The summed E-state index contributed by atoms with van der Waals surface area (Å²) < 4.78 is 0. The molecule has 1 aliphatic carbocycles. The number of fused-ring (bicyclic) bond motifs is 1. The summed E-state index contributed by atoms with van der Waals surface area (Å²) in [7, 11) is 0. The predicted molar refractivity (Wildman–Crippen MR) is 79.9 cm³/mol. The number of hydrogen-bond donors (Lipinski definition) is 0. The number of rotatable bonds is 0. The fourth-order valence-electron chi connectivity index (χ4n) is 3.60. The van der Waals surface area contributed by atoms with Gasteiger partial charge in [-0.25, -0.2) is 0 Å². The molecule has 4 unspecified atom stereocenters. The maximum Gasteiger partial charge on any atom is -0.0185 e. The van der Waals surface area contributed by atoms with Crippen molar-refractivity contribution in [3.63, 3.8) is 0 Å². The first kappa shape index (κ1) is 13.6. The lowest BCUT2D eigenvalue weighted by molar-refractivity contribution is 0.281. The Labute approximate surface area is 113 Å². The van der Waals surface area contributed by atoms with E-state index < -0.39 is 0 Å². The average Bonchev–Trinajstić information content (AvgIpc) is 2.35. The van der Waals surface area contributed by atoms with E-state index in [0.29, 0.717) is 0 Å². The average molecular weight is 244 g/mol. The van der Waals surface area contributed by atoms with Crippen molar-refractivity contribution in [2.24, 2.45) is 17.8 Å². The van der Waals surface area contributed by atoms with Gasteiger partial charge in [-0.05, 0) is 60.5 Å². The van der Waals surface area contributed by atoms with Gasteiger partial charge in [0.05, 0.1) is 0 Å². The monoisotopic (exact) mass is 244 g/mol. The van der Waals surface area contributed by atoms with Gasteiger partial charge in [0.25, 0.3) is 0 Å². The molecule has 1 aliphatic rings. The fourth-order valence-corrected chi connectivity index (χ4v) is 3.60. The standard InChI is InChI=1S/C18H28/c1-13-11-15(3)14(2)9-10-17-7-5-6-8-18(17)16(4)12-13/h5-8,13-16H,9-12H2,1-4H3. The van der Waals surface area contributed by atoms with E-state index in [4.69, 9.17) is 0 Å². The Morgan fingerprint density at radius 3 is 2.39 bits per heavy atom. The molecule has 0 saturated heterocycles. The van der Waals surface area contributed by atoms with Gasteiger partial charge in [0.2, 0.25) is 0 Å². The van der Waals surface area contributed by atoms with E-state index >= 15 is 0 Å². The van der Waals surface area contributed by atoms with Gasteiger partial charge in [-0.1, -0.05) is 52.0 Å². The van der Waals surface area contributed by atoms with Crippen LogP contribution in [0.25, 0.3) is 0 Å². The van der Waals surface area contributed by atoms with Crippen LogP contribution in [0.3, 0.4) is 0 Å². The minimum Gasteiger partial charge on any atom is -0.0625 e. The summed E-state index contributed by atoms with van der Waals surface area (Å²) >= 11 is 0. The summed E-state index contributed by atoms with van der Waals surface area (Å²) in [6.07, 6.45) is 5.35. The van der Waals surface area contributed by atoms with Gasteiger partial charge in [0.1, 0.15) is 0 Å². The molecule has 18 heavy (non-hydrogen) atoms. The molecular weight excluding hydrogens is 216 g/mol. The highest BCUT2D eigenvalue weighted by Gasteiger charge is 2.21. The van der Waals surface area contributed by atoms with Crippen LogP contribution in [-0.2, 0) is 6.42 Å². The van der Waals surface area contributed by atoms with Gasteiger partial charge in [-0.15, -0.1) is 0 Å². The van der Waals surface area contributed by atoms with Crippen LogP contribution in [0.2, 0.25) is 0 Å². The molecule has 0 aliphatic heterocycles. The van der Waals surface area contributed by atoms with Gasteiger partial charge >= 0.3 is 0 Å². The Kier molecular flexibility index (Phi) is 4.48. The molecule has 0 heteroatoms. The van der Waals surface area contributed by atoms with Crippen LogP contribution in [0.1, 0.15) is 64.0 Å². The van der Waals surface area contributed by atoms with Gasteiger partial charge in [0, 0.05) is 0 Å². The highest BCUT2D eigenvalue weighted by molar-refractivity contribution is 5.30. The van der Waals surface area contributed by atoms with Crippen molar-refractivity contribution in [3.05, 3.63) is 35.4 Å². The van der Waals surface area contributed by atoms with Crippen molar-refractivity contribution in [1.29, 1.82) is 0 Å². The second-order valence-corrected chi connectivity index (χ2v) is 6.67. The lowest BCUT2D eigenvalue weighted by Crippen LogP contribution is -2.16. The van der Waals surface area contributed by atoms with Crippen LogP contribution in [0.4, 0.5) is 0 Å². The van der Waals surface area contributed by atoms with E-state index in [0.717, 1.165) is 23.7 Å².